The van der Waals surface area contributed by atoms with Gasteiger partial charge < -0.3 is 21.1 Å². The maximum Gasteiger partial charge on any atom is 0.303 e. The molecule has 1 heterocycles. The van der Waals surface area contributed by atoms with E-state index in [4.69, 9.17) is 16.2 Å². The lowest BCUT2D eigenvalue weighted by atomic mass is 9.92. The van der Waals surface area contributed by atoms with Crippen LogP contribution in [0.25, 0.3) is 0 Å². The maximum absolute atomic E-state index is 12.8. The van der Waals surface area contributed by atoms with Crippen LogP contribution in [0.3, 0.4) is 0 Å². The number of hydrogen-bond donors (Lipinski definition) is 4. The van der Waals surface area contributed by atoms with Gasteiger partial charge in [0.1, 0.15) is 11.4 Å². The predicted molar refractivity (Wildman–Crippen MR) is 101 cm³/mol. The van der Waals surface area contributed by atoms with Crippen LogP contribution in [-0.2, 0) is 9.59 Å². The number of rotatable bonds is 6. The van der Waals surface area contributed by atoms with Crippen molar-refractivity contribution in [1.29, 1.82) is 5.41 Å². The van der Waals surface area contributed by atoms with Gasteiger partial charge >= 0.3 is 5.97 Å². The predicted octanol–water partition coefficient (Wildman–Crippen LogP) is 1.19. The number of amidine groups is 1. The summed E-state index contributed by atoms with van der Waals surface area (Å²) >= 11 is 0. The Labute approximate surface area is 158 Å². The molecule has 8 heteroatoms. The Morgan fingerprint density at radius 2 is 1.70 bits per heavy atom. The average molecular weight is 374 g/mol. The third-order valence-electron chi connectivity index (χ3n) is 4.78. The summed E-state index contributed by atoms with van der Waals surface area (Å²) in [6.45, 7) is 4.29. The number of nitrogens with one attached hydrogen (secondary N) is 2. The summed E-state index contributed by atoms with van der Waals surface area (Å²) in [5.74, 6) is -1.38. The largest absolute Gasteiger partial charge is 0.481 e. The highest BCUT2D eigenvalue weighted by atomic mass is 16.4. The number of carboxylic acid groups (broad SMARTS) is 1. The molecule has 1 aliphatic rings. The number of benzene rings is 1. The van der Waals surface area contributed by atoms with Crippen molar-refractivity contribution in [3.63, 3.8) is 0 Å². The molecule has 2 rings (SSSR count). The van der Waals surface area contributed by atoms with Crippen LogP contribution in [0.15, 0.2) is 24.3 Å². The molecule has 1 saturated heterocycles. The Balaban J connectivity index is 1.96. The third kappa shape index (κ3) is 5.29. The Morgan fingerprint density at radius 1 is 1.19 bits per heavy atom. The van der Waals surface area contributed by atoms with Gasteiger partial charge in [-0.3, -0.25) is 19.8 Å². The lowest BCUT2D eigenvalue weighted by molar-refractivity contribution is -0.140. The van der Waals surface area contributed by atoms with Crippen molar-refractivity contribution in [2.24, 2.45) is 11.7 Å². The summed E-state index contributed by atoms with van der Waals surface area (Å²) < 4.78 is 0. The summed E-state index contributed by atoms with van der Waals surface area (Å²) in [7, 11) is 0. The van der Waals surface area contributed by atoms with E-state index in [1.54, 1.807) is 43.0 Å². The number of likely N-dealkylation sites (tertiary alicyclic amines) is 1. The van der Waals surface area contributed by atoms with Crippen molar-refractivity contribution in [2.75, 3.05) is 13.1 Å². The van der Waals surface area contributed by atoms with Crippen LogP contribution >= 0.6 is 0 Å². The molecule has 1 aromatic rings. The number of carbonyl (C=O) groups is 3. The van der Waals surface area contributed by atoms with Gasteiger partial charge in [0.15, 0.2) is 0 Å². The number of carbonyl (C=O) groups excluding carboxylic acids is 2. The number of nitrogens with zero attached hydrogens (tertiary/aromatic N) is 1. The molecule has 146 valence electrons. The van der Waals surface area contributed by atoms with E-state index in [2.05, 4.69) is 5.32 Å². The molecule has 0 atom stereocenters. The van der Waals surface area contributed by atoms with Crippen molar-refractivity contribution < 1.29 is 19.5 Å². The molecule has 8 nitrogen and oxygen atoms in total. The first kappa shape index (κ1) is 20.4. The topological polar surface area (TPSA) is 137 Å². The minimum absolute atomic E-state index is 0.0798. The van der Waals surface area contributed by atoms with E-state index in [0.717, 1.165) is 0 Å². The Morgan fingerprint density at radius 3 is 2.19 bits per heavy atom. The fourth-order valence-electron chi connectivity index (χ4n) is 3.19. The van der Waals surface area contributed by atoms with Crippen LogP contribution in [-0.4, -0.2) is 52.3 Å². The van der Waals surface area contributed by atoms with Crippen molar-refractivity contribution in [1.82, 2.24) is 10.2 Å². The molecule has 0 bridgehead atoms. The summed E-state index contributed by atoms with van der Waals surface area (Å²) in [6, 6.07) is 6.28. The van der Waals surface area contributed by atoms with Crippen molar-refractivity contribution >= 4 is 23.6 Å². The van der Waals surface area contributed by atoms with Gasteiger partial charge in [-0.2, -0.15) is 0 Å². The molecular weight excluding hydrogens is 348 g/mol. The maximum atomic E-state index is 12.8. The zero-order chi connectivity index (χ0) is 20.2. The monoisotopic (exact) mass is 374 g/mol. The zero-order valence-corrected chi connectivity index (χ0v) is 15.6. The van der Waals surface area contributed by atoms with E-state index in [1.807, 2.05) is 0 Å². The molecular formula is C19H26N4O4. The van der Waals surface area contributed by atoms with Crippen LogP contribution in [0.2, 0.25) is 0 Å². The lowest BCUT2D eigenvalue weighted by Crippen LogP contribution is -2.57. The van der Waals surface area contributed by atoms with E-state index < -0.39 is 11.5 Å². The second-order valence-electron chi connectivity index (χ2n) is 7.40. The number of aliphatic carboxylic acids is 1. The van der Waals surface area contributed by atoms with Crippen LogP contribution < -0.4 is 11.1 Å². The van der Waals surface area contributed by atoms with Gasteiger partial charge in [-0.15, -0.1) is 0 Å². The molecule has 0 aromatic heterocycles. The van der Waals surface area contributed by atoms with E-state index in [-0.39, 0.29) is 30.0 Å². The summed E-state index contributed by atoms with van der Waals surface area (Å²) in [5, 5.41) is 19.0. The van der Waals surface area contributed by atoms with E-state index in [1.165, 1.54) is 0 Å². The van der Waals surface area contributed by atoms with Crippen LogP contribution in [0.4, 0.5) is 0 Å². The third-order valence-corrected chi connectivity index (χ3v) is 4.78. The number of hydrogen-bond acceptors (Lipinski definition) is 4. The zero-order valence-electron chi connectivity index (χ0n) is 15.6. The minimum Gasteiger partial charge on any atom is -0.481 e. The Kier molecular flexibility index (Phi) is 6.20. The van der Waals surface area contributed by atoms with Gasteiger partial charge in [0.05, 0.1) is 0 Å². The average Bonchev–Trinajstić information content (AvgIpc) is 2.61. The fourth-order valence-corrected chi connectivity index (χ4v) is 3.19. The normalized spacial score (nSPS) is 15.3. The summed E-state index contributed by atoms with van der Waals surface area (Å²) in [5.41, 5.74) is 5.21. The number of nitrogen functional groups attached to an aromatic ring is 1. The first-order chi connectivity index (χ1) is 12.6. The van der Waals surface area contributed by atoms with E-state index in [0.29, 0.717) is 37.1 Å². The van der Waals surface area contributed by atoms with E-state index >= 15 is 0 Å². The molecule has 0 unspecified atom stereocenters. The molecule has 1 fully saturated rings. The highest BCUT2D eigenvalue weighted by molar-refractivity contribution is 6.00. The molecule has 0 spiro atoms. The number of nitrogens with two attached hydrogens (primary N) is 1. The second kappa shape index (κ2) is 8.20. The molecule has 0 radical (unpaired) electrons. The minimum atomic E-state index is -1.09. The first-order valence-electron chi connectivity index (χ1n) is 8.88. The molecule has 1 aromatic carbocycles. The van der Waals surface area contributed by atoms with Gasteiger partial charge in [-0.05, 0) is 44.7 Å². The van der Waals surface area contributed by atoms with Gasteiger partial charge in [-0.1, -0.05) is 12.1 Å². The highest BCUT2D eigenvalue weighted by Crippen LogP contribution is 2.22. The Hall–Kier alpha value is -2.90. The quantitative estimate of drug-likeness (QED) is 0.438. The standard InChI is InChI=1S/C19H26N4O4/c1-19(2,18(27)23-9-7-12(8-10-23)11-15(24)25)22-17(26)14-5-3-13(4-6-14)16(20)21/h3-6,12H,7-11H2,1-2H3,(H3,20,21)(H,22,26)(H,24,25). The molecule has 27 heavy (non-hydrogen) atoms. The highest BCUT2D eigenvalue weighted by Gasteiger charge is 2.35. The summed E-state index contributed by atoms with van der Waals surface area (Å²) in [4.78, 5) is 37.8. The van der Waals surface area contributed by atoms with Gasteiger partial charge in [-0.25, -0.2) is 0 Å². The molecule has 0 aliphatic carbocycles. The van der Waals surface area contributed by atoms with Gasteiger partial charge in [0.2, 0.25) is 5.91 Å². The fraction of sp³-hybridized carbons (Fsp3) is 0.474. The van der Waals surface area contributed by atoms with Crippen molar-refractivity contribution in [3.8, 4) is 0 Å². The van der Waals surface area contributed by atoms with Crippen LogP contribution in [0.5, 0.6) is 0 Å². The SMILES string of the molecule is CC(C)(NC(=O)c1ccc(C(=N)N)cc1)C(=O)N1CCC(CC(=O)O)CC1. The number of carboxylic acids is 1. The van der Waals surface area contributed by atoms with Gasteiger partial charge in [0, 0.05) is 30.6 Å². The molecule has 5 N–H and O–H groups in total. The van der Waals surface area contributed by atoms with Crippen LogP contribution in [0, 0.1) is 11.3 Å². The van der Waals surface area contributed by atoms with E-state index in [9.17, 15) is 14.4 Å². The number of amides is 2. The van der Waals surface area contributed by atoms with Crippen molar-refractivity contribution in [2.45, 2.75) is 38.6 Å². The lowest BCUT2D eigenvalue weighted by Gasteiger charge is -2.37. The first-order valence-corrected chi connectivity index (χ1v) is 8.88. The van der Waals surface area contributed by atoms with Gasteiger partial charge in [0.25, 0.3) is 5.91 Å². The Bertz CT molecular complexity index is 735. The molecule has 2 amide bonds. The summed E-state index contributed by atoms with van der Waals surface area (Å²) in [6.07, 6.45) is 1.42. The second-order valence-corrected chi connectivity index (χ2v) is 7.40. The molecule has 1 aliphatic heterocycles. The van der Waals surface area contributed by atoms with Crippen molar-refractivity contribution in [3.05, 3.63) is 35.4 Å². The van der Waals surface area contributed by atoms with Crippen LogP contribution in [0.1, 0.15) is 49.0 Å². The smallest absolute Gasteiger partial charge is 0.303 e. The molecule has 0 saturated carbocycles. The number of piperidine rings is 1.